The number of esters is 3. The lowest BCUT2D eigenvalue weighted by Gasteiger charge is -2.41. The van der Waals surface area contributed by atoms with Gasteiger partial charge in [-0.2, -0.15) is 0 Å². The standard InChI is InChI=1S/C85H108O9/c1-6-10-16-22-67-34-38-73(39-35-67)75-52-58-84(59-53-75,93-82(87)77-42-46-79(47-43-77)90-63-19-13-12-18-62-89-66(5)8-3)56-50-71-30-26-69(27-31-71)24-25-70-28-32-72(33-29-70)51-57-85(60-54-76(55-61-85)74-40-36-68(37-41-74)23-17-11-7-2)94-83(88)78-44-48-80(49-45-78)91-64-20-14-15-21-65-92-81(86)9-4/h8-9,26-33,42-49,67-68,73-76H,3-7,10-23,34-41,52-55,58-65H2,1-2H3. The molecule has 4 fully saturated rings. The monoisotopic (exact) mass is 1270 g/mol. The van der Waals surface area contributed by atoms with Gasteiger partial charge in [0.25, 0.3) is 0 Å². The molecule has 9 nitrogen and oxygen atoms in total. The van der Waals surface area contributed by atoms with Crippen molar-refractivity contribution in [3.05, 3.63) is 168 Å². The third kappa shape index (κ3) is 24.4. The summed E-state index contributed by atoms with van der Waals surface area (Å²) in [6, 6.07) is 30.6. The highest BCUT2D eigenvalue weighted by molar-refractivity contribution is 5.90. The topological polar surface area (TPSA) is 107 Å². The molecule has 0 aliphatic heterocycles. The predicted octanol–water partition coefficient (Wildman–Crippen LogP) is 20.5. The number of ether oxygens (including phenoxy) is 6. The van der Waals surface area contributed by atoms with E-state index in [0.29, 0.717) is 73.7 Å². The lowest BCUT2D eigenvalue weighted by atomic mass is 9.67. The van der Waals surface area contributed by atoms with Gasteiger partial charge in [-0.05, 0) is 279 Å². The van der Waals surface area contributed by atoms with Crippen molar-refractivity contribution in [1.29, 1.82) is 0 Å². The Kier molecular flexibility index (Phi) is 30.4. The van der Waals surface area contributed by atoms with Gasteiger partial charge in [0, 0.05) is 28.3 Å². The summed E-state index contributed by atoms with van der Waals surface area (Å²) < 4.78 is 35.7. The van der Waals surface area contributed by atoms with Gasteiger partial charge in [-0.3, -0.25) is 0 Å². The minimum atomic E-state index is -0.890. The highest BCUT2D eigenvalue weighted by atomic mass is 16.6. The van der Waals surface area contributed by atoms with Gasteiger partial charge in [0.15, 0.2) is 11.2 Å². The maximum atomic E-state index is 14.0. The van der Waals surface area contributed by atoms with Crippen LogP contribution in [0.25, 0.3) is 0 Å². The zero-order valence-electron chi connectivity index (χ0n) is 57.1. The molecule has 0 radical (unpaired) electrons. The van der Waals surface area contributed by atoms with Gasteiger partial charge in [0.05, 0.1) is 37.6 Å². The maximum Gasteiger partial charge on any atom is 0.339 e. The van der Waals surface area contributed by atoms with Gasteiger partial charge in [0.2, 0.25) is 0 Å². The average Bonchev–Trinajstić information content (AvgIpc) is 0.853. The molecule has 0 aromatic heterocycles. The Morgan fingerprint density at radius 1 is 0.415 bits per heavy atom. The van der Waals surface area contributed by atoms with Crippen LogP contribution in [0.15, 0.2) is 135 Å². The second kappa shape index (κ2) is 39.5. The third-order valence-corrected chi connectivity index (χ3v) is 20.5. The Balaban J connectivity index is 0.878. The smallest absolute Gasteiger partial charge is 0.339 e. The summed E-state index contributed by atoms with van der Waals surface area (Å²) in [5, 5.41) is 0. The van der Waals surface area contributed by atoms with Crippen molar-refractivity contribution in [2.24, 2.45) is 35.5 Å². The van der Waals surface area contributed by atoms with Crippen LogP contribution in [0.3, 0.4) is 0 Å². The number of unbranched alkanes of at least 4 members (excludes halogenated alkanes) is 10. The van der Waals surface area contributed by atoms with Crippen LogP contribution < -0.4 is 9.47 Å². The number of carbonyl (C=O) groups excluding carboxylic acids is 3. The number of hydrogen-bond acceptors (Lipinski definition) is 9. The first-order valence-electron chi connectivity index (χ1n) is 36.4. The van der Waals surface area contributed by atoms with Crippen molar-refractivity contribution in [2.45, 2.75) is 231 Å². The quantitative estimate of drug-likeness (QED) is 0.00877. The summed E-state index contributed by atoms with van der Waals surface area (Å²) in [7, 11) is 0. The molecule has 0 bridgehead atoms. The van der Waals surface area contributed by atoms with Gasteiger partial charge in [-0.15, -0.1) is 0 Å². The van der Waals surface area contributed by atoms with Gasteiger partial charge in [-0.25, -0.2) is 14.4 Å². The molecule has 0 N–H and O–H groups in total. The van der Waals surface area contributed by atoms with Crippen LogP contribution in [-0.2, 0) is 23.7 Å². The van der Waals surface area contributed by atoms with Crippen LogP contribution in [-0.4, -0.2) is 55.5 Å². The van der Waals surface area contributed by atoms with E-state index in [4.69, 9.17) is 28.4 Å². The number of rotatable bonds is 33. The minimum absolute atomic E-state index is 0.351. The van der Waals surface area contributed by atoms with E-state index < -0.39 is 11.2 Å². The molecule has 502 valence electrons. The van der Waals surface area contributed by atoms with Crippen LogP contribution in [0.4, 0.5) is 0 Å². The number of carbonyl (C=O) groups is 3. The first-order chi connectivity index (χ1) is 45.9. The highest BCUT2D eigenvalue weighted by Gasteiger charge is 2.42. The zero-order valence-corrected chi connectivity index (χ0v) is 57.1. The van der Waals surface area contributed by atoms with E-state index >= 15 is 0 Å². The molecule has 8 rings (SSSR count). The largest absolute Gasteiger partial charge is 0.494 e. The van der Waals surface area contributed by atoms with Gasteiger partial charge in [0.1, 0.15) is 17.3 Å². The molecule has 0 atom stereocenters. The Bertz CT molecular complexity index is 2950. The second-order valence-electron chi connectivity index (χ2n) is 27.4. The molecule has 4 aromatic carbocycles. The van der Waals surface area contributed by atoms with Crippen molar-refractivity contribution >= 4 is 17.9 Å². The summed E-state index contributed by atoms with van der Waals surface area (Å²) in [6.45, 7) is 17.7. The van der Waals surface area contributed by atoms with Crippen LogP contribution in [0, 0.1) is 71.0 Å². The molecule has 4 aliphatic carbocycles. The Labute approximate surface area is 565 Å². The van der Waals surface area contributed by atoms with E-state index in [9.17, 15) is 14.4 Å². The lowest BCUT2D eigenvalue weighted by molar-refractivity contribution is -0.137. The van der Waals surface area contributed by atoms with E-state index in [-0.39, 0.29) is 17.9 Å². The second-order valence-corrected chi connectivity index (χ2v) is 27.4. The average molecular weight is 1270 g/mol. The molecule has 94 heavy (non-hydrogen) atoms. The van der Waals surface area contributed by atoms with E-state index in [1.54, 1.807) is 30.3 Å². The number of benzene rings is 4. The van der Waals surface area contributed by atoms with Crippen molar-refractivity contribution in [1.82, 2.24) is 0 Å². The number of allylic oxidation sites excluding steroid dienone is 1. The molecular weight excluding hydrogens is 1160 g/mol. The maximum absolute atomic E-state index is 14.0. The normalized spacial score (nSPS) is 22.4. The Hall–Kier alpha value is -7.41. The molecule has 0 unspecified atom stereocenters. The van der Waals surface area contributed by atoms with Crippen LogP contribution in [0.1, 0.15) is 262 Å². The van der Waals surface area contributed by atoms with Crippen molar-refractivity contribution in [3.63, 3.8) is 0 Å². The van der Waals surface area contributed by atoms with Crippen LogP contribution in [0.2, 0.25) is 0 Å². The van der Waals surface area contributed by atoms with E-state index in [1.165, 1.54) is 109 Å². The SMILES string of the molecule is C=CC(=C)OCCCCCCOc1ccc(C(=O)OC2(C#Cc3ccc(C#Cc4ccc(C#CC5(OC(=O)c6ccc(OCCCCCCOC(=O)C=C)cc6)CCC(C6CCC(CCCCC)CC6)CC5)cc4)cc3)CCC(C3CCC(CCCCC)CC3)CC2)cc1. The molecule has 0 saturated heterocycles. The summed E-state index contributed by atoms with van der Waals surface area (Å²) in [5.41, 5.74) is 2.65. The summed E-state index contributed by atoms with van der Waals surface area (Å²) in [4.78, 5) is 39.3. The molecule has 4 saturated carbocycles. The van der Waals surface area contributed by atoms with Crippen LogP contribution >= 0.6 is 0 Å². The Morgan fingerprint density at radius 2 is 0.766 bits per heavy atom. The molecule has 0 amide bonds. The van der Waals surface area contributed by atoms with E-state index in [0.717, 1.165) is 142 Å². The minimum Gasteiger partial charge on any atom is -0.494 e. The molecular formula is C85H108O9. The molecule has 0 spiro atoms. The zero-order chi connectivity index (χ0) is 66.1. The fourth-order valence-corrected chi connectivity index (χ4v) is 14.6. The molecule has 4 aromatic rings. The predicted molar refractivity (Wildman–Crippen MR) is 379 cm³/mol. The molecule has 4 aliphatic rings. The van der Waals surface area contributed by atoms with Gasteiger partial charge >= 0.3 is 17.9 Å². The van der Waals surface area contributed by atoms with Gasteiger partial charge in [-0.1, -0.05) is 134 Å². The van der Waals surface area contributed by atoms with Crippen molar-refractivity contribution in [3.8, 4) is 47.0 Å². The third-order valence-electron chi connectivity index (χ3n) is 20.5. The first-order valence-corrected chi connectivity index (χ1v) is 36.4. The first kappa shape index (κ1) is 72.4. The summed E-state index contributed by atoms with van der Waals surface area (Å²) >= 11 is 0. The van der Waals surface area contributed by atoms with Crippen LogP contribution in [0.5, 0.6) is 11.5 Å². The molecule has 0 heterocycles. The van der Waals surface area contributed by atoms with Gasteiger partial charge < -0.3 is 28.4 Å². The highest BCUT2D eigenvalue weighted by Crippen LogP contribution is 2.46. The summed E-state index contributed by atoms with van der Waals surface area (Å²) in [5.74, 6) is 26.0. The summed E-state index contributed by atoms with van der Waals surface area (Å²) in [6.07, 6.45) is 38.6. The van der Waals surface area contributed by atoms with Crippen molar-refractivity contribution in [2.75, 3.05) is 26.4 Å². The van der Waals surface area contributed by atoms with Crippen molar-refractivity contribution < 1.29 is 42.8 Å². The fourth-order valence-electron chi connectivity index (χ4n) is 14.6. The fraction of sp³-hybridized carbons (Fsp3) is 0.541. The van der Waals surface area contributed by atoms with E-state index in [2.05, 4.69) is 69.1 Å². The number of hydrogen-bond donors (Lipinski definition) is 0. The lowest BCUT2D eigenvalue weighted by Crippen LogP contribution is -2.39. The Morgan fingerprint density at radius 3 is 1.13 bits per heavy atom. The molecule has 9 heteroatoms. The van der Waals surface area contributed by atoms with E-state index in [1.807, 2.05) is 72.8 Å².